The number of carbonyl (C=O) groups excluding carboxylic acids is 2. The number of hydrogen-bond acceptors (Lipinski definition) is 5. The number of rotatable bonds is 3. The SMILES string of the molecule is COC(=O)[C@H]1NC(=O)O[C@@H]1c1ccc(OC)cc1. The van der Waals surface area contributed by atoms with Gasteiger partial charge in [-0.2, -0.15) is 0 Å². The van der Waals surface area contributed by atoms with Crippen molar-refractivity contribution in [3.8, 4) is 5.75 Å². The minimum Gasteiger partial charge on any atom is -0.497 e. The van der Waals surface area contributed by atoms with Crippen LogP contribution in [0.5, 0.6) is 5.75 Å². The number of nitrogens with one attached hydrogen (secondary N) is 1. The fourth-order valence-electron chi connectivity index (χ4n) is 1.78. The summed E-state index contributed by atoms with van der Waals surface area (Å²) < 4.78 is 14.7. The lowest BCUT2D eigenvalue weighted by Gasteiger charge is -2.15. The van der Waals surface area contributed by atoms with Crippen LogP contribution < -0.4 is 10.1 Å². The Labute approximate surface area is 104 Å². The third-order valence-corrected chi connectivity index (χ3v) is 2.71. The predicted molar refractivity (Wildman–Crippen MR) is 61.2 cm³/mol. The Bertz CT molecular complexity index is 456. The van der Waals surface area contributed by atoms with E-state index < -0.39 is 24.2 Å². The number of cyclic esters (lactones) is 1. The summed E-state index contributed by atoms with van der Waals surface area (Å²) in [5.74, 6) is 0.146. The molecule has 0 saturated carbocycles. The molecular weight excluding hydrogens is 238 g/mol. The standard InChI is InChI=1S/C12H13NO5/c1-16-8-5-3-7(4-6-8)10-9(11(14)17-2)13-12(15)18-10/h3-6,9-10H,1-2H3,(H,13,15)/t9-,10+/m0/s1. The molecule has 1 aliphatic rings. The number of esters is 1. The lowest BCUT2D eigenvalue weighted by atomic mass is 10.0. The molecule has 96 valence electrons. The van der Waals surface area contributed by atoms with Crippen molar-refractivity contribution in [1.29, 1.82) is 0 Å². The van der Waals surface area contributed by atoms with Gasteiger partial charge in [0.15, 0.2) is 12.1 Å². The van der Waals surface area contributed by atoms with Crippen LogP contribution in [0.4, 0.5) is 4.79 Å². The van der Waals surface area contributed by atoms with Gasteiger partial charge in [0.25, 0.3) is 0 Å². The maximum Gasteiger partial charge on any atom is 0.408 e. The average molecular weight is 251 g/mol. The minimum absolute atomic E-state index is 0.540. The molecule has 0 spiro atoms. The largest absolute Gasteiger partial charge is 0.497 e. The number of alkyl carbamates (subject to hydrolysis) is 1. The van der Waals surface area contributed by atoms with E-state index in [4.69, 9.17) is 9.47 Å². The van der Waals surface area contributed by atoms with Crippen LogP contribution in [0.1, 0.15) is 11.7 Å². The molecule has 1 saturated heterocycles. The van der Waals surface area contributed by atoms with E-state index in [1.165, 1.54) is 7.11 Å². The van der Waals surface area contributed by atoms with Crippen LogP contribution in [0.25, 0.3) is 0 Å². The first kappa shape index (κ1) is 12.2. The Morgan fingerprint density at radius 1 is 1.28 bits per heavy atom. The van der Waals surface area contributed by atoms with Crippen LogP contribution in [0.3, 0.4) is 0 Å². The van der Waals surface area contributed by atoms with Crippen molar-refractivity contribution in [2.45, 2.75) is 12.1 Å². The van der Waals surface area contributed by atoms with Crippen LogP contribution in [-0.4, -0.2) is 32.3 Å². The number of benzene rings is 1. The van der Waals surface area contributed by atoms with Crippen molar-refractivity contribution in [1.82, 2.24) is 5.32 Å². The molecule has 1 aromatic carbocycles. The first-order valence-corrected chi connectivity index (χ1v) is 5.34. The number of methoxy groups -OCH3 is 2. The number of hydrogen-bond donors (Lipinski definition) is 1. The van der Waals surface area contributed by atoms with Gasteiger partial charge in [-0.25, -0.2) is 9.59 Å². The van der Waals surface area contributed by atoms with Crippen molar-refractivity contribution in [3.05, 3.63) is 29.8 Å². The third-order valence-electron chi connectivity index (χ3n) is 2.71. The predicted octanol–water partition coefficient (Wildman–Crippen LogP) is 1.02. The molecule has 2 atom stereocenters. The van der Waals surface area contributed by atoms with E-state index in [9.17, 15) is 9.59 Å². The Morgan fingerprint density at radius 3 is 2.50 bits per heavy atom. The first-order valence-electron chi connectivity index (χ1n) is 5.34. The monoisotopic (exact) mass is 251 g/mol. The zero-order valence-electron chi connectivity index (χ0n) is 10.0. The van der Waals surface area contributed by atoms with E-state index in [1.54, 1.807) is 31.4 Å². The lowest BCUT2D eigenvalue weighted by Crippen LogP contribution is -2.36. The van der Waals surface area contributed by atoms with Gasteiger partial charge in [-0.3, -0.25) is 0 Å². The second-order valence-corrected chi connectivity index (χ2v) is 3.74. The Hall–Kier alpha value is -2.24. The van der Waals surface area contributed by atoms with E-state index in [0.717, 1.165) is 0 Å². The van der Waals surface area contributed by atoms with Gasteiger partial charge in [0.05, 0.1) is 14.2 Å². The van der Waals surface area contributed by atoms with E-state index in [0.29, 0.717) is 11.3 Å². The maximum absolute atomic E-state index is 11.5. The highest BCUT2D eigenvalue weighted by molar-refractivity contribution is 5.85. The van der Waals surface area contributed by atoms with Crippen molar-refractivity contribution in [3.63, 3.8) is 0 Å². The Kier molecular flexibility index (Phi) is 3.36. The summed E-state index contributed by atoms with van der Waals surface area (Å²) in [7, 11) is 2.82. The molecule has 0 unspecified atom stereocenters. The van der Waals surface area contributed by atoms with Gasteiger partial charge >= 0.3 is 12.1 Å². The van der Waals surface area contributed by atoms with Gasteiger partial charge in [0, 0.05) is 0 Å². The van der Waals surface area contributed by atoms with Crippen molar-refractivity contribution < 1.29 is 23.8 Å². The van der Waals surface area contributed by atoms with Gasteiger partial charge in [-0.05, 0) is 17.7 Å². The first-order chi connectivity index (χ1) is 8.65. The molecule has 1 heterocycles. The number of carbonyl (C=O) groups is 2. The van der Waals surface area contributed by atoms with Gasteiger partial charge in [0.1, 0.15) is 5.75 Å². The molecule has 1 N–H and O–H groups in total. The molecule has 2 rings (SSSR count). The average Bonchev–Trinajstić information content (AvgIpc) is 2.80. The molecule has 1 amide bonds. The van der Waals surface area contributed by atoms with E-state index >= 15 is 0 Å². The van der Waals surface area contributed by atoms with Crippen LogP contribution in [0.15, 0.2) is 24.3 Å². The summed E-state index contributed by atoms with van der Waals surface area (Å²) in [5.41, 5.74) is 0.699. The summed E-state index contributed by atoms with van der Waals surface area (Å²) in [5, 5.41) is 2.41. The zero-order chi connectivity index (χ0) is 13.1. The second-order valence-electron chi connectivity index (χ2n) is 3.74. The minimum atomic E-state index is -0.823. The lowest BCUT2D eigenvalue weighted by molar-refractivity contribution is -0.144. The fourth-order valence-corrected chi connectivity index (χ4v) is 1.78. The summed E-state index contributed by atoms with van der Waals surface area (Å²) >= 11 is 0. The molecule has 0 bridgehead atoms. The summed E-state index contributed by atoms with van der Waals surface area (Å²) in [6.45, 7) is 0. The van der Waals surface area contributed by atoms with Crippen LogP contribution in [0.2, 0.25) is 0 Å². The zero-order valence-corrected chi connectivity index (χ0v) is 10.0. The summed E-state index contributed by atoms with van der Waals surface area (Å²) in [6, 6.07) is 6.11. The van der Waals surface area contributed by atoms with Crippen molar-refractivity contribution in [2.24, 2.45) is 0 Å². The molecule has 0 aliphatic carbocycles. The molecule has 18 heavy (non-hydrogen) atoms. The van der Waals surface area contributed by atoms with E-state index in [1.807, 2.05) is 0 Å². The quantitative estimate of drug-likeness (QED) is 0.812. The van der Waals surface area contributed by atoms with Gasteiger partial charge < -0.3 is 19.5 Å². The summed E-state index contributed by atoms with van der Waals surface area (Å²) in [4.78, 5) is 22.7. The van der Waals surface area contributed by atoms with E-state index in [2.05, 4.69) is 10.1 Å². The normalized spacial score (nSPS) is 22.0. The van der Waals surface area contributed by atoms with Gasteiger partial charge in [0.2, 0.25) is 0 Å². The summed E-state index contributed by atoms with van der Waals surface area (Å²) in [6.07, 6.45) is -1.32. The molecular formula is C12H13NO5. The van der Waals surface area contributed by atoms with Crippen molar-refractivity contribution >= 4 is 12.1 Å². The van der Waals surface area contributed by atoms with Crippen LogP contribution in [0, 0.1) is 0 Å². The van der Waals surface area contributed by atoms with Gasteiger partial charge in [-0.15, -0.1) is 0 Å². The molecule has 6 nitrogen and oxygen atoms in total. The highest BCUT2D eigenvalue weighted by atomic mass is 16.6. The highest BCUT2D eigenvalue weighted by Gasteiger charge is 2.41. The third kappa shape index (κ3) is 2.22. The topological polar surface area (TPSA) is 73.9 Å². The highest BCUT2D eigenvalue weighted by Crippen LogP contribution is 2.28. The molecule has 1 aromatic rings. The molecule has 1 fully saturated rings. The maximum atomic E-state index is 11.5. The molecule has 6 heteroatoms. The Balaban J connectivity index is 2.23. The van der Waals surface area contributed by atoms with E-state index in [-0.39, 0.29) is 0 Å². The smallest absolute Gasteiger partial charge is 0.408 e. The van der Waals surface area contributed by atoms with Gasteiger partial charge in [-0.1, -0.05) is 12.1 Å². The van der Waals surface area contributed by atoms with Crippen molar-refractivity contribution in [2.75, 3.05) is 14.2 Å². The Morgan fingerprint density at radius 2 is 1.94 bits per heavy atom. The molecule has 0 radical (unpaired) electrons. The molecule has 1 aliphatic heterocycles. The van der Waals surface area contributed by atoms with Crippen LogP contribution >= 0.6 is 0 Å². The number of ether oxygens (including phenoxy) is 3. The fraction of sp³-hybridized carbons (Fsp3) is 0.333. The second kappa shape index (κ2) is 4.95. The molecule has 0 aromatic heterocycles. The van der Waals surface area contributed by atoms with Crippen LogP contribution in [-0.2, 0) is 14.3 Å². The number of amides is 1.